The molecule has 0 saturated carbocycles. The van der Waals surface area contributed by atoms with E-state index >= 15 is 0 Å². The molecule has 0 atom stereocenters. The third-order valence-corrected chi connectivity index (χ3v) is 4.93. The molecule has 1 fully saturated rings. The Balaban J connectivity index is 1.30. The number of hydrogen-bond acceptors (Lipinski definition) is 4. The van der Waals surface area contributed by atoms with Crippen molar-refractivity contribution in [3.05, 3.63) is 66.0 Å². The molecule has 1 aliphatic heterocycles. The summed E-state index contributed by atoms with van der Waals surface area (Å²) in [5.41, 5.74) is 1.56. The lowest BCUT2D eigenvalue weighted by Crippen LogP contribution is -2.49. The lowest BCUT2D eigenvalue weighted by Gasteiger charge is -2.34. The van der Waals surface area contributed by atoms with Crippen LogP contribution in [-0.2, 0) is 16.1 Å². The Bertz CT molecular complexity index is 807. The van der Waals surface area contributed by atoms with Crippen LogP contribution in [0.5, 0.6) is 0 Å². The zero-order chi connectivity index (χ0) is 20.5. The first-order valence-electron chi connectivity index (χ1n) is 9.89. The number of hydrogen-bond donors (Lipinski definition) is 2. The van der Waals surface area contributed by atoms with Gasteiger partial charge in [0.25, 0.3) is 0 Å². The van der Waals surface area contributed by atoms with Gasteiger partial charge in [0.05, 0.1) is 6.54 Å². The largest absolute Gasteiger partial charge is 0.351 e. The van der Waals surface area contributed by atoms with Gasteiger partial charge in [0, 0.05) is 51.4 Å². The molecule has 1 saturated heterocycles. The Morgan fingerprint density at radius 3 is 2.34 bits per heavy atom. The summed E-state index contributed by atoms with van der Waals surface area (Å²) in [5.74, 6) is -0.471. The van der Waals surface area contributed by atoms with Crippen LogP contribution in [0.25, 0.3) is 0 Å². The maximum absolute atomic E-state index is 13.2. The number of carbonyl (C=O) groups excluding carboxylic acids is 2. The molecule has 2 amide bonds. The molecule has 0 bridgehead atoms. The van der Waals surface area contributed by atoms with Gasteiger partial charge in [-0.25, -0.2) is 4.39 Å². The fourth-order valence-corrected chi connectivity index (χ4v) is 3.28. The summed E-state index contributed by atoms with van der Waals surface area (Å²) in [6.45, 7) is 4.81. The number of nitrogens with zero attached hydrogens (tertiary/aromatic N) is 2. The van der Waals surface area contributed by atoms with Crippen molar-refractivity contribution in [3.63, 3.8) is 0 Å². The Kier molecular flexibility index (Phi) is 7.72. The van der Waals surface area contributed by atoms with Gasteiger partial charge in [0.1, 0.15) is 5.82 Å². The molecule has 1 heterocycles. The van der Waals surface area contributed by atoms with E-state index in [4.69, 9.17) is 0 Å². The molecule has 1 aliphatic rings. The smallest absolute Gasteiger partial charge is 0.234 e. The lowest BCUT2D eigenvalue weighted by atomic mass is 10.2. The molecule has 2 aromatic carbocycles. The van der Waals surface area contributed by atoms with Crippen molar-refractivity contribution in [1.82, 2.24) is 15.1 Å². The van der Waals surface area contributed by atoms with Crippen LogP contribution in [0.2, 0.25) is 0 Å². The van der Waals surface area contributed by atoms with E-state index in [1.165, 1.54) is 12.1 Å². The van der Waals surface area contributed by atoms with Gasteiger partial charge < -0.3 is 15.5 Å². The maximum Gasteiger partial charge on any atom is 0.234 e. The summed E-state index contributed by atoms with van der Waals surface area (Å²) in [4.78, 5) is 28.5. The number of carbonyl (C=O) groups is 2. The van der Waals surface area contributed by atoms with Gasteiger partial charge >= 0.3 is 0 Å². The van der Waals surface area contributed by atoms with Crippen molar-refractivity contribution in [2.75, 3.05) is 44.6 Å². The number of anilines is 1. The first-order chi connectivity index (χ1) is 14.1. The van der Waals surface area contributed by atoms with E-state index in [1.54, 1.807) is 12.1 Å². The van der Waals surface area contributed by atoms with Gasteiger partial charge in [-0.2, -0.15) is 0 Å². The number of nitrogens with one attached hydrogen (secondary N) is 2. The molecule has 2 aromatic rings. The Morgan fingerprint density at radius 1 is 0.897 bits per heavy atom. The minimum atomic E-state index is -0.369. The lowest BCUT2D eigenvalue weighted by molar-refractivity contribution is -0.122. The molecule has 0 aliphatic carbocycles. The third-order valence-electron chi connectivity index (χ3n) is 4.93. The van der Waals surface area contributed by atoms with E-state index in [9.17, 15) is 14.0 Å². The summed E-state index contributed by atoms with van der Waals surface area (Å²) in [7, 11) is 0. The minimum Gasteiger partial charge on any atom is -0.351 e. The van der Waals surface area contributed by atoms with Gasteiger partial charge in [-0.1, -0.05) is 36.4 Å². The van der Waals surface area contributed by atoms with Crippen molar-refractivity contribution >= 4 is 17.5 Å². The predicted octanol–water partition coefficient (Wildman–Crippen LogP) is 2.09. The van der Waals surface area contributed by atoms with Crippen molar-refractivity contribution in [3.8, 4) is 0 Å². The Hall–Kier alpha value is -2.77. The first kappa shape index (κ1) is 21.0. The van der Waals surface area contributed by atoms with Gasteiger partial charge in [-0.05, 0) is 23.8 Å². The molecule has 7 heteroatoms. The number of amides is 2. The number of benzene rings is 2. The standard InChI is InChI=1S/C22H27FN4O2/c23-19-7-4-8-20(15-19)25-21(28)9-10-26-11-13-27(14-12-26)17-22(29)24-16-18-5-2-1-3-6-18/h1-8,15H,9-14,16-17H2,(H,24,29)(H,25,28). The zero-order valence-electron chi connectivity index (χ0n) is 16.4. The molecule has 0 radical (unpaired) electrons. The topological polar surface area (TPSA) is 64.7 Å². The molecule has 0 aromatic heterocycles. The Labute approximate surface area is 170 Å². The van der Waals surface area contributed by atoms with Crippen LogP contribution >= 0.6 is 0 Å². The fourth-order valence-electron chi connectivity index (χ4n) is 3.28. The second kappa shape index (κ2) is 10.7. The average molecular weight is 398 g/mol. The molecule has 0 spiro atoms. The Morgan fingerprint density at radius 2 is 1.62 bits per heavy atom. The van der Waals surface area contributed by atoms with E-state index in [-0.39, 0.29) is 17.6 Å². The van der Waals surface area contributed by atoms with Crippen LogP contribution in [0.15, 0.2) is 54.6 Å². The SMILES string of the molecule is O=C(CN1CCN(CCC(=O)Nc2cccc(F)c2)CC1)NCc1ccccc1. The second-order valence-electron chi connectivity index (χ2n) is 7.19. The quantitative estimate of drug-likeness (QED) is 0.715. The van der Waals surface area contributed by atoms with Gasteiger partial charge in [-0.15, -0.1) is 0 Å². The second-order valence-corrected chi connectivity index (χ2v) is 7.19. The highest BCUT2D eigenvalue weighted by atomic mass is 19.1. The molecule has 2 N–H and O–H groups in total. The molecular weight excluding hydrogens is 371 g/mol. The van der Waals surface area contributed by atoms with E-state index < -0.39 is 0 Å². The normalized spacial score (nSPS) is 15.1. The highest BCUT2D eigenvalue weighted by Gasteiger charge is 2.19. The van der Waals surface area contributed by atoms with Gasteiger partial charge in [0.15, 0.2) is 0 Å². The van der Waals surface area contributed by atoms with Gasteiger partial charge in [0.2, 0.25) is 11.8 Å². The van der Waals surface area contributed by atoms with Crippen LogP contribution < -0.4 is 10.6 Å². The molecule has 3 rings (SSSR count). The minimum absolute atomic E-state index is 0.0248. The van der Waals surface area contributed by atoms with Crippen molar-refractivity contribution < 1.29 is 14.0 Å². The van der Waals surface area contributed by atoms with Crippen LogP contribution in [0, 0.1) is 5.82 Å². The summed E-state index contributed by atoms with van der Waals surface area (Å²) in [6, 6.07) is 15.7. The fraction of sp³-hybridized carbons (Fsp3) is 0.364. The highest BCUT2D eigenvalue weighted by molar-refractivity contribution is 5.90. The summed E-state index contributed by atoms with van der Waals surface area (Å²) < 4.78 is 13.2. The first-order valence-corrected chi connectivity index (χ1v) is 9.89. The molecular formula is C22H27FN4O2. The van der Waals surface area contributed by atoms with Crippen LogP contribution in [-0.4, -0.2) is 60.9 Å². The van der Waals surface area contributed by atoms with Crippen molar-refractivity contribution in [2.45, 2.75) is 13.0 Å². The summed E-state index contributed by atoms with van der Waals surface area (Å²) in [5, 5.41) is 5.67. The average Bonchev–Trinajstić information content (AvgIpc) is 2.72. The summed E-state index contributed by atoms with van der Waals surface area (Å²) >= 11 is 0. The van der Waals surface area contributed by atoms with Crippen LogP contribution in [0.3, 0.4) is 0 Å². The van der Waals surface area contributed by atoms with Gasteiger partial charge in [-0.3, -0.25) is 14.5 Å². The van der Waals surface area contributed by atoms with E-state index in [0.29, 0.717) is 31.7 Å². The van der Waals surface area contributed by atoms with Crippen LogP contribution in [0.4, 0.5) is 10.1 Å². The number of rotatable bonds is 8. The van der Waals surface area contributed by atoms with Crippen molar-refractivity contribution in [1.29, 1.82) is 0 Å². The van der Waals surface area contributed by atoms with E-state index in [0.717, 1.165) is 31.7 Å². The van der Waals surface area contributed by atoms with E-state index in [2.05, 4.69) is 20.4 Å². The molecule has 0 unspecified atom stereocenters. The highest BCUT2D eigenvalue weighted by Crippen LogP contribution is 2.10. The monoisotopic (exact) mass is 398 g/mol. The van der Waals surface area contributed by atoms with Crippen LogP contribution in [0.1, 0.15) is 12.0 Å². The molecule has 6 nitrogen and oxygen atoms in total. The number of halogens is 1. The summed E-state index contributed by atoms with van der Waals surface area (Å²) in [6.07, 6.45) is 0.355. The predicted molar refractivity (Wildman–Crippen MR) is 111 cm³/mol. The third kappa shape index (κ3) is 7.29. The maximum atomic E-state index is 13.2. The molecule has 154 valence electrons. The van der Waals surface area contributed by atoms with E-state index in [1.807, 2.05) is 30.3 Å². The number of piperazine rings is 1. The molecule has 29 heavy (non-hydrogen) atoms. The zero-order valence-corrected chi connectivity index (χ0v) is 16.4. The van der Waals surface area contributed by atoms with Crippen molar-refractivity contribution in [2.24, 2.45) is 0 Å².